The molecular formula is C22H26N4O4S. The minimum absolute atomic E-state index is 0.0872. The molecule has 4 rings (SSSR count). The Hall–Kier alpha value is -2.65. The molecule has 1 amide bonds. The van der Waals surface area contributed by atoms with Gasteiger partial charge in [-0.2, -0.15) is 0 Å². The Bertz CT molecular complexity index is 1060. The molecule has 0 saturated carbocycles. The summed E-state index contributed by atoms with van der Waals surface area (Å²) in [5.41, 5.74) is 1.53. The molecule has 2 aliphatic heterocycles. The molecule has 3 atom stereocenters. The van der Waals surface area contributed by atoms with Gasteiger partial charge < -0.3 is 14.8 Å². The summed E-state index contributed by atoms with van der Waals surface area (Å²) in [6.07, 6.45) is 0.571. The lowest BCUT2D eigenvalue weighted by Crippen LogP contribution is -2.31. The molecule has 2 aromatic rings. The van der Waals surface area contributed by atoms with Crippen LogP contribution in [0.3, 0.4) is 0 Å². The smallest absolute Gasteiger partial charge is 0.222 e. The second-order valence-corrected chi connectivity index (χ2v) is 8.92. The normalized spacial score (nSPS) is 23.6. The Kier molecular flexibility index (Phi) is 6.15. The fourth-order valence-electron chi connectivity index (χ4n) is 4.03. The summed E-state index contributed by atoms with van der Waals surface area (Å²) in [4.78, 5) is 34.7. The lowest BCUT2D eigenvalue weighted by molar-refractivity contribution is -0.121. The quantitative estimate of drug-likeness (QED) is 0.761. The van der Waals surface area contributed by atoms with Crippen LogP contribution in [0.5, 0.6) is 11.5 Å². The number of benzene rings is 1. The van der Waals surface area contributed by atoms with Crippen molar-refractivity contribution >= 4 is 39.5 Å². The largest absolute Gasteiger partial charge is 0.497 e. The average molecular weight is 443 g/mol. The lowest BCUT2D eigenvalue weighted by atomic mass is 10.1. The third-order valence-corrected chi connectivity index (χ3v) is 6.51. The number of aliphatic imine (C=N–C) groups is 1. The van der Waals surface area contributed by atoms with Crippen LogP contribution in [0.25, 0.3) is 10.9 Å². The summed E-state index contributed by atoms with van der Waals surface area (Å²) < 4.78 is 11.8. The van der Waals surface area contributed by atoms with Gasteiger partial charge in [0.1, 0.15) is 29.4 Å². The number of ketones is 1. The fourth-order valence-corrected chi connectivity index (χ4v) is 5.01. The average Bonchev–Trinajstić information content (AvgIpc) is 3.33. The molecular weight excluding hydrogens is 416 g/mol. The van der Waals surface area contributed by atoms with Gasteiger partial charge in [0, 0.05) is 43.2 Å². The Labute approximate surface area is 185 Å². The first-order chi connectivity index (χ1) is 14.8. The van der Waals surface area contributed by atoms with Gasteiger partial charge in [-0.25, -0.2) is 0 Å². The first-order valence-electron chi connectivity index (χ1n) is 10.2. The number of likely N-dealkylation sites (N-methyl/N-ethyl adjacent to an activating group) is 1. The zero-order valence-corrected chi connectivity index (χ0v) is 18.9. The Morgan fingerprint density at radius 3 is 2.74 bits per heavy atom. The number of likely N-dealkylation sites (tertiary alicyclic amines) is 1. The second-order valence-electron chi connectivity index (χ2n) is 7.91. The number of thioether (sulfide) groups is 1. The molecule has 1 aromatic heterocycles. The maximum atomic E-state index is 11.9. The number of methoxy groups -OCH3 is 1. The van der Waals surface area contributed by atoms with Crippen LogP contribution in [0.15, 0.2) is 29.3 Å². The molecule has 0 aliphatic carbocycles. The predicted molar refractivity (Wildman–Crippen MR) is 121 cm³/mol. The molecule has 31 heavy (non-hydrogen) atoms. The van der Waals surface area contributed by atoms with Crippen LogP contribution in [0.1, 0.15) is 32.0 Å². The zero-order valence-electron chi connectivity index (χ0n) is 18.0. The molecule has 9 heteroatoms. The molecule has 3 heterocycles. The summed E-state index contributed by atoms with van der Waals surface area (Å²) in [5, 5.41) is 4.24. The molecule has 0 radical (unpaired) electrons. The van der Waals surface area contributed by atoms with Gasteiger partial charge in [0.2, 0.25) is 5.91 Å². The number of nitrogens with one attached hydrogen (secondary N) is 1. The van der Waals surface area contributed by atoms with Crippen LogP contribution < -0.4 is 14.8 Å². The number of amidine groups is 1. The van der Waals surface area contributed by atoms with Gasteiger partial charge in [-0.15, -0.1) is 0 Å². The summed E-state index contributed by atoms with van der Waals surface area (Å²) in [7, 11) is 3.57. The van der Waals surface area contributed by atoms with Crippen LogP contribution in [0.2, 0.25) is 0 Å². The molecule has 0 spiro atoms. The Morgan fingerprint density at radius 2 is 2.06 bits per heavy atom. The van der Waals surface area contributed by atoms with Crippen molar-refractivity contribution in [3.63, 3.8) is 0 Å². The van der Waals surface area contributed by atoms with Crippen molar-refractivity contribution in [1.82, 2.24) is 15.2 Å². The highest BCUT2D eigenvalue weighted by Crippen LogP contribution is 2.36. The van der Waals surface area contributed by atoms with Gasteiger partial charge >= 0.3 is 0 Å². The SMILES string of the molecule is COc1ccc2c(OC3CC(C(C)=O)N(C)C3)cc(C3CSC(NC(C)=O)=N3)nc2c1. The minimum Gasteiger partial charge on any atom is -0.497 e. The van der Waals surface area contributed by atoms with Gasteiger partial charge in [0.05, 0.1) is 24.4 Å². The topological polar surface area (TPSA) is 93.1 Å². The summed E-state index contributed by atoms with van der Waals surface area (Å²) in [5.74, 6) is 2.14. The highest BCUT2D eigenvalue weighted by atomic mass is 32.2. The zero-order chi connectivity index (χ0) is 22.1. The van der Waals surface area contributed by atoms with Crippen molar-refractivity contribution in [2.75, 3.05) is 26.5 Å². The number of carbonyl (C=O) groups excluding carboxylic acids is 2. The first kappa shape index (κ1) is 21.6. The lowest BCUT2D eigenvalue weighted by Gasteiger charge is -2.17. The van der Waals surface area contributed by atoms with E-state index in [1.165, 1.54) is 18.7 Å². The molecule has 2 aliphatic rings. The Balaban J connectivity index is 1.68. The Morgan fingerprint density at radius 1 is 1.26 bits per heavy atom. The first-order valence-corrected chi connectivity index (χ1v) is 11.2. The molecule has 3 unspecified atom stereocenters. The number of pyridine rings is 1. The van der Waals surface area contributed by atoms with Gasteiger partial charge in [-0.05, 0) is 26.1 Å². The molecule has 1 saturated heterocycles. The van der Waals surface area contributed by atoms with Crippen molar-refractivity contribution in [3.05, 3.63) is 30.0 Å². The van der Waals surface area contributed by atoms with E-state index in [1.54, 1.807) is 14.0 Å². The third-order valence-electron chi connectivity index (χ3n) is 5.55. The van der Waals surface area contributed by atoms with Crippen LogP contribution >= 0.6 is 11.8 Å². The molecule has 8 nitrogen and oxygen atoms in total. The minimum atomic E-state index is -0.180. The number of aromatic nitrogens is 1. The summed E-state index contributed by atoms with van der Waals surface area (Å²) in [6.45, 7) is 3.78. The number of ether oxygens (including phenoxy) is 2. The number of carbonyl (C=O) groups is 2. The highest BCUT2D eigenvalue weighted by Gasteiger charge is 2.34. The van der Waals surface area contributed by atoms with E-state index in [0.717, 1.165) is 22.3 Å². The van der Waals surface area contributed by atoms with Gasteiger partial charge in [-0.3, -0.25) is 24.5 Å². The number of fused-ring (bicyclic) bond motifs is 1. The molecule has 1 N–H and O–H groups in total. The van der Waals surface area contributed by atoms with Crippen molar-refractivity contribution in [3.8, 4) is 11.5 Å². The van der Waals surface area contributed by atoms with Crippen molar-refractivity contribution < 1.29 is 19.1 Å². The van der Waals surface area contributed by atoms with E-state index in [1.807, 2.05) is 36.2 Å². The summed E-state index contributed by atoms with van der Waals surface area (Å²) >= 11 is 1.50. The number of rotatable bonds is 5. The van der Waals surface area contributed by atoms with Gasteiger partial charge in [0.15, 0.2) is 5.17 Å². The van der Waals surface area contributed by atoms with Crippen LogP contribution in [-0.2, 0) is 9.59 Å². The standard InChI is InChI=1S/C22H26N4O4S/c1-12(27)20-8-15(10-26(20)3)30-21-9-18(19-11-31-22(25-19)23-13(2)28)24-17-7-14(29-4)5-6-16(17)21/h5-7,9,15,19-20H,8,10-11H2,1-4H3,(H,23,25,28). The fraction of sp³-hybridized carbons (Fsp3) is 0.455. The van der Waals surface area contributed by atoms with E-state index in [2.05, 4.69) is 10.3 Å². The number of nitrogens with zero attached hydrogens (tertiary/aromatic N) is 3. The maximum absolute atomic E-state index is 11.9. The highest BCUT2D eigenvalue weighted by molar-refractivity contribution is 8.14. The molecule has 164 valence electrons. The van der Waals surface area contributed by atoms with E-state index in [4.69, 9.17) is 14.5 Å². The van der Waals surface area contributed by atoms with Gasteiger partial charge in [-0.1, -0.05) is 11.8 Å². The van der Waals surface area contributed by atoms with Crippen molar-refractivity contribution in [2.45, 2.75) is 38.5 Å². The monoisotopic (exact) mass is 442 g/mol. The van der Waals surface area contributed by atoms with Crippen molar-refractivity contribution in [1.29, 1.82) is 0 Å². The summed E-state index contributed by atoms with van der Waals surface area (Å²) in [6, 6.07) is 7.34. The number of amides is 1. The number of Topliss-reactive ketones (excluding diaryl/α,β-unsaturated/α-hetero) is 1. The van der Waals surface area contributed by atoms with Crippen LogP contribution in [0.4, 0.5) is 0 Å². The molecule has 1 aromatic carbocycles. The van der Waals surface area contributed by atoms with Crippen LogP contribution in [0, 0.1) is 0 Å². The second kappa shape index (κ2) is 8.84. The maximum Gasteiger partial charge on any atom is 0.222 e. The number of hydrogen-bond donors (Lipinski definition) is 1. The van der Waals surface area contributed by atoms with E-state index < -0.39 is 0 Å². The van der Waals surface area contributed by atoms with E-state index in [0.29, 0.717) is 29.6 Å². The van der Waals surface area contributed by atoms with Gasteiger partial charge in [0.25, 0.3) is 0 Å². The van der Waals surface area contributed by atoms with Crippen molar-refractivity contribution in [2.24, 2.45) is 4.99 Å². The predicted octanol–water partition coefficient (Wildman–Crippen LogP) is 2.56. The molecule has 0 bridgehead atoms. The van der Waals surface area contributed by atoms with Crippen LogP contribution in [-0.4, -0.2) is 65.3 Å². The van der Waals surface area contributed by atoms with E-state index in [9.17, 15) is 9.59 Å². The van der Waals surface area contributed by atoms with E-state index in [-0.39, 0.29) is 29.9 Å². The number of hydrogen-bond acceptors (Lipinski definition) is 8. The third kappa shape index (κ3) is 4.67. The molecule has 1 fully saturated rings. The van der Waals surface area contributed by atoms with E-state index >= 15 is 0 Å².